The maximum absolute atomic E-state index is 11.1. The summed E-state index contributed by atoms with van der Waals surface area (Å²) in [6.07, 6.45) is -0.880. The van der Waals surface area contributed by atoms with E-state index < -0.39 is 6.09 Å². The van der Waals surface area contributed by atoms with E-state index in [9.17, 15) is 4.79 Å². The molecule has 0 radical (unpaired) electrons. The number of amides is 1. The lowest BCUT2D eigenvalue weighted by Crippen LogP contribution is -2.54. The van der Waals surface area contributed by atoms with Crippen molar-refractivity contribution in [3.05, 3.63) is 29.4 Å². The largest absolute Gasteiger partial charge is 0.465 e. The predicted molar refractivity (Wildman–Crippen MR) is 81.0 cm³/mol. The van der Waals surface area contributed by atoms with Crippen LogP contribution in [-0.2, 0) is 0 Å². The van der Waals surface area contributed by atoms with Crippen molar-refractivity contribution in [1.29, 1.82) is 0 Å². The number of nitrogens with zero attached hydrogens (tertiary/aromatic N) is 4. The van der Waals surface area contributed by atoms with Gasteiger partial charge in [-0.1, -0.05) is 35.9 Å². The third kappa shape index (κ3) is 2.47. The monoisotopic (exact) mass is 306 g/mol. The third-order valence-electron chi connectivity index (χ3n) is 3.80. The molecule has 1 unspecified atom stereocenters. The molecule has 1 aliphatic rings. The van der Waals surface area contributed by atoms with Crippen LogP contribution in [0.15, 0.2) is 24.3 Å². The number of rotatable bonds is 1. The van der Waals surface area contributed by atoms with Crippen molar-refractivity contribution in [2.45, 2.75) is 13.0 Å². The molecule has 110 valence electrons. The normalized spacial score (nSPS) is 19.0. The highest BCUT2D eigenvalue weighted by Gasteiger charge is 2.28. The predicted octanol–water partition coefficient (Wildman–Crippen LogP) is 2.47. The molecule has 2 heterocycles. The Morgan fingerprint density at radius 1 is 1.29 bits per heavy atom. The van der Waals surface area contributed by atoms with Crippen molar-refractivity contribution < 1.29 is 9.90 Å². The van der Waals surface area contributed by atoms with E-state index in [2.05, 4.69) is 15.1 Å². The van der Waals surface area contributed by atoms with Gasteiger partial charge < -0.3 is 14.9 Å². The van der Waals surface area contributed by atoms with Gasteiger partial charge in [-0.25, -0.2) is 4.79 Å². The Hall–Kier alpha value is -2.08. The third-order valence-corrected chi connectivity index (χ3v) is 4.07. The Morgan fingerprint density at radius 3 is 2.67 bits per heavy atom. The Morgan fingerprint density at radius 2 is 2.00 bits per heavy atom. The summed E-state index contributed by atoms with van der Waals surface area (Å²) in [5.41, 5.74) is 0. The first kappa shape index (κ1) is 13.9. The molecule has 1 aliphatic heterocycles. The van der Waals surface area contributed by atoms with E-state index in [0.717, 1.165) is 16.6 Å². The van der Waals surface area contributed by atoms with E-state index in [1.165, 1.54) is 4.90 Å². The zero-order valence-corrected chi connectivity index (χ0v) is 12.3. The molecule has 0 aliphatic carbocycles. The fraction of sp³-hybridized carbons (Fsp3) is 0.357. The fourth-order valence-electron chi connectivity index (χ4n) is 2.72. The van der Waals surface area contributed by atoms with E-state index >= 15 is 0 Å². The molecule has 3 rings (SSSR count). The van der Waals surface area contributed by atoms with Gasteiger partial charge in [0.2, 0.25) is 0 Å². The molecule has 1 aromatic carbocycles. The molecule has 0 spiro atoms. The van der Waals surface area contributed by atoms with Crippen LogP contribution < -0.4 is 4.90 Å². The van der Waals surface area contributed by atoms with Gasteiger partial charge >= 0.3 is 6.09 Å². The van der Waals surface area contributed by atoms with E-state index in [1.807, 2.05) is 31.2 Å². The second-order valence-electron chi connectivity index (χ2n) is 5.13. The smallest absolute Gasteiger partial charge is 0.407 e. The molecule has 1 amide bonds. The van der Waals surface area contributed by atoms with Crippen molar-refractivity contribution in [2.75, 3.05) is 24.5 Å². The van der Waals surface area contributed by atoms with Crippen molar-refractivity contribution in [3.63, 3.8) is 0 Å². The Labute approximate surface area is 126 Å². The summed E-state index contributed by atoms with van der Waals surface area (Å²) in [5, 5.41) is 19.5. The Bertz CT molecular complexity index is 694. The highest BCUT2D eigenvalue weighted by molar-refractivity contribution is 6.34. The van der Waals surface area contributed by atoms with Gasteiger partial charge in [0.15, 0.2) is 11.0 Å². The first-order valence-electron chi connectivity index (χ1n) is 6.73. The maximum Gasteiger partial charge on any atom is 0.407 e. The van der Waals surface area contributed by atoms with Crippen molar-refractivity contribution in [2.24, 2.45) is 0 Å². The van der Waals surface area contributed by atoms with Crippen LogP contribution in [0.5, 0.6) is 0 Å². The molecule has 1 fully saturated rings. The highest BCUT2D eigenvalue weighted by atomic mass is 35.5. The first-order chi connectivity index (χ1) is 10.1. The lowest BCUT2D eigenvalue weighted by molar-refractivity contribution is 0.122. The van der Waals surface area contributed by atoms with Crippen molar-refractivity contribution >= 4 is 34.3 Å². The van der Waals surface area contributed by atoms with Gasteiger partial charge in [-0.15, -0.1) is 10.2 Å². The quantitative estimate of drug-likeness (QED) is 0.876. The van der Waals surface area contributed by atoms with Crippen LogP contribution in [0.3, 0.4) is 0 Å². The zero-order valence-electron chi connectivity index (χ0n) is 11.5. The molecular formula is C14H15ClN4O2. The molecule has 7 heteroatoms. The van der Waals surface area contributed by atoms with E-state index in [4.69, 9.17) is 16.7 Å². The van der Waals surface area contributed by atoms with Gasteiger partial charge in [-0.2, -0.15) is 0 Å². The SMILES string of the molecule is CC1CN(c2nnc(Cl)c3ccccc23)CCN1C(=O)O. The van der Waals surface area contributed by atoms with Gasteiger partial charge in [0, 0.05) is 36.4 Å². The van der Waals surface area contributed by atoms with E-state index in [1.54, 1.807) is 0 Å². The number of fused-ring (bicyclic) bond motifs is 1. The number of carboxylic acid groups (broad SMARTS) is 1. The highest BCUT2D eigenvalue weighted by Crippen LogP contribution is 2.29. The van der Waals surface area contributed by atoms with Crippen LogP contribution in [0.1, 0.15) is 6.92 Å². The maximum atomic E-state index is 11.1. The number of hydrogen-bond acceptors (Lipinski definition) is 4. The van der Waals surface area contributed by atoms with E-state index in [-0.39, 0.29) is 6.04 Å². The summed E-state index contributed by atoms with van der Waals surface area (Å²) in [6, 6.07) is 7.62. The molecule has 1 saturated heterocycles. The number of carbonyl (C=O) groups is 1. The van der Waals surface area contributed by atoms with Crippen LogP contribution >= 0.6 is 11.6 Å². The number of piperazine rings is 1. The number of aromatic nitrogens is 2. The molecule has 1 atom stereocenters. The molecule has 1 aromatic heterocycles. The summed E-state index contributed by atoms with van der Waals surface area (Å²) < 4.78 is 0. The summed E-state index contributed by atoms with van der Waals surface area (Å²) in [5.74, 6) is 0.756. The van der Waals surface area contributed by atoms with Gasteiger partial charge in [-0.05, 0) is 6.92 Å². The molecule has 21 heavy (non-hydrogen) atoms. The number of hydrogen-bond donors (Lipinski definition) is 1. The minimum atomic E-state index is -0.880. The van der Waals surface area contributed by atoms with Gasteiger partial charge in [0.1, 0.15) is 0 Å². The van der Waals surface area contributed by atoms with Crippen LogP contribution in [-0.4, -0.2) is 52.0 Å². The second kappa shape index (κ2) is 5.37. The van der Waals surface area contributed by atoms with Gasteiger partial charge in [-0.3, -0.25) is 0 Å². The van der Waals surface area contributed by atoms with Crippen LogP contribution in [0.4, 0.5) is 10.6 Å². The summed E-state index contributed by atoms with van der Waals surface area (Å²) in [4.78, 5) is 14.6. The zero-order chi connectivity index (χ0) is 15.0. The number of anilines is 1. The average Bonchev–Trinajstić information content (AvgIpc) is 2.47. The van der Waals surface area contributed by atoms with Gasteiger partial charge in [0.05, 0.1) is 0 Å². The molecule has 0 bridgehead atoms. The topological polar surface area (TPSA) is 69.6 Å². The minimum absolute atomic E-state index is 0.0903. The molecule has 0 saturated carbocycles. The Balaban J connectivity index is 1.95. The summed E-state index contributed by atoms with van der Waals surface area (Å²) in [7, 11) is 0. The second-order valence-corrected chi connectivity index (χ2v) is 5.49. The van der Waals surface area contributed by atoms with Gasteiger partial charge in [0.25, 0.3) is 0 Å². The summed E-state index contributed by atoms with van der Waals surface area (Å²) >= 11 is 6.08. The molecule has 2 aromatic rings. The molecule has 6 nitrogen and oxygen atoms in total. The Kier molecular flexibility index (Phi) is 3.55. The fourth-order valence-corrected chi connectivity index (χ4v) is 2.93. The number of benzene rings is 1. The summed E-state index contributed by atoms with van der Waals surface area (Å²) in [6.45, 7) is 3.53. The molecule has 1 N–H and O–H groups in total. The van der Waals surface area contributed by atoms with Crippen molar-refractivity contribution in [1.82, 2.24) is 15.1 Å². The average molecular weight is 307 g/mol. The van der Waals surface area contributed by atoms with Crippen molar-refractivity contribution in [3.8, 4) is 0 Å². The lowest BCUT2D eigenvalue weighted by atomic mass is 10.1. The van der Waals surface area contributed by atoms with Crippen LogP contribution in [0, 0.1) is 0 Å². The minimum Gasteiger partial charge on any atom is -0.465 e. The number of halogens is 1. The molecular weight excluding hydrogens is 292 g/mol. The van der Waals surface area contributed by atoms with Crippen LogP contribution in [0.25, 0.3) is 10.8 Å². The standard InChI is InChI=1S/C14H15ClN4O2/c1-9-8-18(6-7-19(9)14(20)21)13-11-5-3-2-4-10(11)12(15)16-17-13/h2-5,9H,6-8H2,1H3,(H,20,21). The lowest BCUT2D eigenvalue weighted by Gasteiger charge is -2.38. The van der Waals surface area contributed by atoms with Crippen LogP contribution in [0.2, 0.25) is 5.15 Å². The first-order valence-corrected chi connectivity index (χ1v) is 7.11. The van der Waals surface area contributed by atoms with E-state index in [0.29, 0.717) is 24.8 Å².